The molecule has 2 aromatic carbocycles. The quantitative estimate of drug-likeness (QED) is 0.828. The van der Waals surface area contributed by atoms with Gasteiger partial charge in [0.2, 0.25) is 0 Å². The average Bonchev–Trinajstić information content (AvgIpc) is 2.50. The van der Waals surface area contributed by atoms with Gasteiger partial charge in [0.15, 0.2) is 6.10 Å². The third-order valence-corrected chi connectivity index (χ3v) is 3.51. The lowest BCUT2D eigenvalue weighted by Crippen LogP contribution is -2.30. The fourth-order valence-electron chi connectivity index (χ4n) is 1.83. The molecular weight excluding hydrogens is 346 g/mol. The van der Waals surface area contributed by atoms with Crippen molar-refractivity contribution in [1.29, 1.82) is 0 Å². The Balaban J connectivity index is 1.85. The van der Waals surface area contributed by atoms with Crippen molar-refractivity contribution < 1.29 is 14.3 Å². The molecular formula is C17H16BrNO3. The highest BCUT2D eigenvalue weighted by molar-refractivity contribution is 9.10. The molecule has 0 spiro atoms. The molecule has 0 bridgehead atoms. The monoisotopic (exact) mass is 361 g/mol. The van der Waals surface area contributed by atoms with Crippen LogP contribution in [-0.2, 0) is 20.7 Å². The van der Waals surface area contributed by atoms with Crippen molar-refractivity contribution in [3.8, 4) is 0 Å². The van der Waals surface area contributed by atoms with Crippen LogP contribution in [0, 0.1) is 0 Å². The standard InChI is InChI=1S/C17H16BrNO3/c1-12(17(21)19-15-9-7-14(18)8-10-15)22-16(20)11-13-5-3-2-4-6-13/h2-10,12H,11H2,1H3,(H,19,21)/t12-/m1/s1. The van der Waals surface area contributed by atoms with E-state index in [1.807, 2.05) is 42.5 Å². The van der Waals surface area contributed by atoms with Gasteiger partial charge in [-0.2, -0.15) is 0 Å². The van der Waals surface area contributed by atoms with Crippen LogP contribution >= 0.6 is 15.9 Å². The van der Waals surface area contributed by atoms with Crippen LogP contribution in [0.1, 0.15) is 12.5 Å². The van der Waals surface area contributed by atoms with Crippen LogP contribution in [0.4, 0.5) is 5.69 Å². The van der Waals surface area contributed by atoms with Crippen molar-refractivity contribution >= 4 is 33.5 Å². The Morgan fingerprint density at radius 2 is 1.73 bits per heavy atom. The van der Waals surface area contributed by atoms with Crippen molar-refractivity contribution in [3.05, 3.63) is 64.6 Å². The zero-order valence-electron chi connectivity index (χ0n) is 12.1. The van der Waals surface area contributed by atoms with Crippen LogP contribution in [-0.4, -0.2) is 18.0 Å². The first kappa shape index (κ1) is 16.2. The maximum absolute atomic E-state index is 12.0. The van der Waals surface area contributed by atoms with E-state index in [9.17, 15) is 9.59 Å². The van der Waals surface area contributed by atoms with Crippen molar-refractivity contribution in [3.63, 3.8) is 0 Å². The number of nitrogens with one attached hydrogen (secondary N) is 1. The normalized spacial score (nSPS) is 11.5. The van der Waals surface area contributed by atoms with Gasteiger partial charge in [-0.25, -0.2) is 0 Å². The highest BCUT2D eigenvalue weighted by atomic mass is 79.9. The summed E-state index contributed by atoms with van der Waals surface area (Å²) >= 11 is 3.32. The van der Waals surface area contributed by atoms with Crippen LogP contribution in [0.2, 0.25) is 0 Å². The van der Waals surface area contributed by atoms with Gasteiger partial charge in [0, 0.05) is 10.2 Å². The van der Waals surface area contributed by atoms with Crippen LogP contribution in [0.5, 0.6) is 0 Å². The number of hydrogen-bond donors (Lipinski definition) is 1. The molecule has 0 saturated carbocycles. The molecule has 4 nitrogen and oxygen atoms in total. The van der Waals surface area contributed by atoms with Gasteiger partial charge in [0.25, 0.3) is 5.91 Å². The van der Waals surface area contributed by atoms with E-state index in [0.717, 1.165) is 10.0 Å². The van der Waals surface area contributed by atoms with E-state index >= 15 is 0 Å². The van der Waals surface area contributed by atoms with E-state index in [-0.39, 0.29) is 12.3 Å². The van der Waals surface area contributed by atoms with Gasteiger partial charge < -0.3 is 10.1 Å². The lowest BCUT2D eigenvalue weighted by Gasteiger charge is -2.13. The number of esters is 1. The summed E-state index contributed by atoms with van der Waals surface area (Å²) in [7, 11) is 0. The highest BCUT2D eigenvalue weighted by Gasteiger charge is 2.18. The second-order valence-electron chi connectivity index (χ2n) is 4.79. The Labute approximate surface area is 137 Å². The molecule has 5 heteroatoms. The topological polar surface area (TPSA) is 55.4 Å². The van der Waals surface area contributed by atoms with Gasteiger partial charge in [-0.15, -0.1) is 0 Å². The van der Waals surface area contributed by atoms with E-state index in [2.05, 4.69) is 21.2 Å². The smallest absolute Gasteiger partial charge is 0.311 e. The van der Waals surface area contributed by atoms with Gasteiger partial charge in [0.05, 0.1) is 6.42 Å². The van der Waals surface area contributed by atoms with E-state index in [1.54, 1.807) is 19.1 Å². The average molecular weight is 362 g/mol. The number of benzene rings is 2. The van der Waals surface area contributed by atoms with Gasteiger partial charge >= 0.3 is 5.97 Å². The summed E-state index contributed by atoms with van der Waals surface area (Å²) in [6.07, 6.45) is -0.698. The zero-order valence-corrected chi connectivity index (χ0v) is 13.7. The Morgan fingerprint density at radius 1 is 1.09 bits per heavy atom. The second kappa shape index (κ2) is 7.75. The maximum atomic E-state index is 12.0. The fraction of sp³-hybridized carbons (Fsp3) is 0.176. The zero-order chi connectivity index (χ0) is 15.9. The molecule has 0 saturated heterocycles. The number of rotatable bonds is 5. The van der Waals surface area contributed by atoms with Crippen LogP contribution in [0.25, 0.3) is 0 Å². The Kier molecular flexibility index (Phi) is 5.72. The molecule has 1 amide bonds. The van der Waals surface area contributed by atoms with Gasteiger partial charge in [-0.1, -0.05) is 46.3 Å². The lowest BCUT2D eigenvalue weighted by atomic mass is 10.1. The van der Waals surface area contributed by atoms with Crippen LogP contribution in [0.15, 0.2) is 59.1 Å². The summed E-state index contributed by atoms with van der Waals surface area (Å²) in [5.41, 5.74) is 1.51. The molecule has 0 heterocycles. The summed E-state index contributed by atoms with van der Waals surface area (Å²) in [4.78, 5) is 23.8. The number of anilines is 1. The summed E-state index contributed by atoms with van der Waals surface area (Å²) in [6, 6.07) is 16.4. The number of carbonyl (C=O) groups excluding carboxylic acids is 2. The molecule has 1 atom stereocenters. The summed E-state index contributed by atoms with van der Waals surface area (Å²) in [5, 5.41) is 2.70. The van der Waals surface area contributed by atoms with Gasteiger partial charge in [-0.05, 0) is 36.8 Å². The number of amides is 1. The van der Waals surface area contributed by atoms with E-state index in [1.165, 1.54) is 0 Å². The first-order chi connectivity index (χ1) is 10.5. The Morgan fingerprint density at radius 3 is 2.36 bits per heavy atom. The first-order valence-corrected chi connectivity index (χ1v) is 7.64. The van der Waals surface area contributed by atoms with Crippen molar-refractivity contribution in [1.82, 2.24) is 0 Å². The maximum Gasteiger partial charge on any atom is 0.311 e. The fourth-order valence-corrected chi connectivity index (χ4v) is 2.10. The minimum absolute atomic E-state index is 0.150. The van der Waals surface area contributed by atoms with Crippen molar-refractivity contribution in [2.24, 2.45) is 0 Å². The van der Waals surface area contributed by atoms with E-state index in [0.29, 0.717) is 5.69 Å². The first-order valence-electron chi connectivity index (χ1n) is 6.84. The largest absolute Gasteiger partial charge is 0.452 e. The SMILES string of the molecule is C[C@@H](OC(=O)Cc1ccccc1)C(=O)Nc1ccc(Br)cc1. The highest BCUT2D eigenvalue weighted by Crippen LogP contribution is 2.14. The minimum Gasteiger partial charge on any atom is -0.452 e. The molecule has 0 radical (unpaired) electrons. The van der Waals surface area contributed by atoms with E-state index < -0.39 is 12.1 Å². The van der Waals surface area contributed by atoms with Gasteiger partial charge in [0.1, 0.15) is 0 Å². The molecule has 0 fully saturated rings. The van der Waals surface area contributed by atoms with Crippen LogP contribution < -0.4 is 5.32 Å². The number of carbonyl (C=O) groups is 2. The molecule has 0 aromatic heterocycles. The molecule has 22 heavy (non-hydrogen) atoms. The molecule has 0 aliphatic rings. The van der Waals surface area contributed by atoms with Crippen molar-refractivity contribution in [2.45, 2.75) is 19.4 Å². The minimum atomic E-state index is -0.847. The lowest BCUT2D eigenvalue weighted by molar-refractivity contribution is -0.152. The summed E-state index contributed by atoms with van der Waals surface area (Å²) in [5.74, 6) is -0.784. The predicted molar refractivity (Wildman–Crippen MR) is 88.5 cm³/mol. The molecule has 114 valence electrons. The Hall–Kier alpha value is -2.14. The third-order valence-electron chi connectivity index (χ3n) is 2.98. The third kappa shape index (κ3) is 5.00. The molecule has 2 aromatic rings. The van der Waals surface area contributed by atoms with Crippen LogP contribution in [0.3, 0.4) is 0 Å². The second-order valence-corrected chi connectivity index (χ2v) is 5.71. The molecule has 2 rings (SSSR count). The van der Waals surface area contributed by atoms with Crippen molar-refractivity contribution in [2.75, 3.05) is 5.32 Å². The molecule has 0 aliphatic heterocycles. The number of hydrogen-bond acceptors (Lipinski definition) is 3. The molecule has 1 N–H and O–H groups in total. The van der Waals surface area contributed by atoms with Gasteiger partial charge in [-0.3, -0.25) is 9.59 Å². The number of ether oxygens (including phenoxy) is 1. The predicted octanol–water partition coefficient (Wildman–Crippen LogP) is 3.56. The molecule has 0 aliphatic carbocycles. The van der Waals surface area contributed by atoms with E-state index in [4.69, 9.17) is 4.74 Å². The Bertz CT molecular complexity index is 641. The molecule has 0 unspecified atom stereocenters. The summed E-state index contributed by atoms with van der Waals surface area (Å²) < 4.78 is 6.08. The summed E-state index contributed by atoms with van der Waals surface area (Å²) in [6.45, 7) is 1.55. The number of halogens is 1.